The van der Waals surface area contributed by atoms with Gasteiger partial charge in [0.2, 0.25) is 5.91 Å². The number of hydrogen-bond acceptors (Lipinski definition) is 5. The molecule has 0 aliphatic carbocycles. The highest BCUT2D eigenvalue weighted by Gasteiger charge is 2.12. The van der Waals surface area contributed by atoms with E-state index in [1.54, 1.807) is 6.20 Å². The van der Waals surface area contributed by atoms with Crippen LogP contribution in [0.4, 0.5) is 5.69 Å². The van der Waals surface area contributed by atoms with E-state index in [0.717, 1.165) is 46.5 Å². The largest absolute Gasteiger partial charge is 0.387 e. The summed E-state index contributed by atoms with van der Waals surface area (Å²) in [5.41, 5.74) is 3.69. The van der Waals surface area contributed by atoms with Crippen molar-refractivity contribution in [3.8, 4) is 5.82 Å². The quantitative estimate of drug-likeness (QED) is 0.251. The molecule has 0 aliphatic heterocycles. The van der Waals surface area contributed by atoms with Crippen LogP contribution in [-0.2, 0) is 17.6 Å². The van der Waals surface area contributed by atoms with Crippen LogP contribution in [-0.4, -0.2) is 38.6 Å². The second-order valence-corrected chi connectivity index (χ2v) is 8.88. The number of carbonyl (C=O) groups excluding carboxylic acids is 1. The van der Waals surface area contributed by atoms with E-state index in [1.807, 2.05) is 102 Å². The summed E-state index contributed by atoms with van der Waals surface area (Å²) in [5.74, 6) is 1.21. The third-order valence-corrected chi connectivity index (χ3v) is 6.22. The Morgan fingerprint density at radius 1 is 0.919 bits per heavy atom. The number of aliphatic hydroxyl groups excluding tert-OH is 1. The number of pyridine rings is 1. The normalized spacial score (nSPS) is 11.9. The molecular weight excluding hydrogens is 462 g/mol. The minimum atomic E-state index is -0.522. The predicted molar refractivity (Wildman–Crippen MR) is 146 cm³/mol. The molecule has 5 aromatic rings. The van der Waals surface area contributed by atoms with Crippen LogP contribution in [0.5, 0.6) is 0 Å². The van der Waals surface area contributed by atoms with Gasteiger partial charge in [-0.05, 0) is 54.4 Å². The first-order valence-corrected chi connectivity index (χ1v) is 12.4. The smallest absolute Gasteiger partial charge is 0.231 e. The molecule has 0 radical (unpaired) electrons. The Labute approximate surface area is 215 Å². The number of hydrogen-bond donors (Lipinski definition) is 3. The molecule has 1 amide bonds. The zero-order chi connectivity index (χ0) is 25.5. The number of nitrogens with zero attached hydrogens (tertiary/aromatic N) is 3. The van der Waals surface area contributed by atoms with Crippen LogP contribution in [0, 0.1) is 0 Å². The summed E-state index contributed by atoms with van der Waals surface area (Å²) in [6, 6.07) is 29.3. The van der Waals surface area contributed by atoms with Gasteiger partial charge >= 0.3 is 0 Å². The van der Waals surface area contributed by atoms with Gasteiger partial charge < -0.3 is 15.7 Å². The third-order valence-electron chi connectivity index (χ3n) is 6.22. The molecule has 2 heterocycles. The lowest BCUT2D eigenvalue weighted by Crippen LogP contribution is -2.23. The molecule has 0 bridgehead atoms. The van der Waals surface area contributed by atoms with Crippen molar-refractivity contribution in [1.29, 1.82) is 0 Å². The van der Waals surface area contributed by atoms with Crippen molar-refractivity contribution in [2.24, 2.45) is 0 Å². The van der Waals surface area contributed by atoms with Crippen LogP contribution < -0.4 is 10.6 Å². The molecule has 186 valence electrons. The van der Waals surface area contributed by atoms with Crippen LogP contribution in [0.15, 0.2) is 103 Å². The number of amides is 1. The highest BCUT2D eigenvalue weighted by Crippen LogP contribution is 2.17. The molecule has 7 heteroatoms. The van der Waals surface area contributed by atoms with Gasteiger partial charge in [-0.15, -0.1) is 0 Å². The van der Waals surface area contributed by atoms with Crippen molar-refractivity contribution in [1.82, 2.24) is 19.9 Å². The topological polar surface area (TPSA) is 92.1 Å². The molecule has 37 heavy (non-hydrogen) atoms. The standard InChI is InChI=1S/C30H29N5O2/c36-27(24-7-2-1-3-8-24)21-31-17-16-22-10-13-25(14-11-22)33-30(37)20-29-32-18-19-35(29)28-15-12-23-6-4-5-9-26(23)34-28/h1-15,18-19,27,31,36H,16-17,20-21H2,(H,33,37). The summed E-state index contributed by atoms with van der Waals surface area (Å²) >= 11 is 0. The molecule has 5 rings (SSSR count). The average molecular weight is 492 g/mol. The van der Waals surface area contributed by atoms with E-state index in [4.69, 9.17) is 4.98 Å². The van der Waals surface area contributed by atoms with Crippen LogP contribution in [0.3, 0.4) is 0 Å². The summed E-state index contributed by atoms with van der Waals surface area (Å²) < 4.78 is 1.84. The Hall–Kier alpha value is -4.33. The molecule has 7 nitrogen and oxygen atoms in total. The molecule has 0 saturated heterocycles. The summed E-state index contributed by atoms with van der Waals surface area (Å²) in [6.45, 7) is 1.25. The van der Waals surface area contributed by atoms with Gasteiger partial charge in [-0.1, -0.05) is 60.7 Å². The predicted octanol–water partition coefficient (Wildman–Crippen LogP) is 4.47. The van der Waals surface area contributed by atoms with E-state index in [0.29, 0.717) is 12.4 Å². The first kappa shape index (κ1) is 24.4. The number of carbonyl (C=O) groups is 1. The van der Waals surface area contributed by atoms with Crippen molar-refractivity contribution in [3.05, 3.63) is 120 Å². The molecule has 3 aromatic carbocycles. The number of rotatable bonds is 10. The molecule has 1 atom stereocenters. The number of para-hydroxylation sites is 1. The van der Waals surface area contributed by atoms with Crippen molar-refractivity contribution in [2.75, 3.05) is 18.4 Å². The zero-order valence-corrected chi connectivity index (χ0v) is 20.4. The van der Waals surface area contributed by atoms with Crippen LogP contribution >= 0.6 is 0 Å². The maximum absolute atomic E-state index is 12.7. The Bertz CT molecular complexity index is 1460. The minimum Gasteiger partial charge on any atom is -0.387 e. The summed E-state index contributed by atoms with van der Waals surface area (Å²) in [5, 5.41) is 17.6. The maximum Gasteiger partial charge on any atom is 0.231 e. The second-order valence-electron chi connectivity index (χ2n) is 8.88. The fraction of sp³-hybridized carbons (Fsp3) is 0.167. The molecule has 0 spiro atoms. The van der Waals surface area contributed by atoms with E-state index in [-0.39, 0.29) is 12.3 Å². The van der Waals surface area contributed by atoms with Gasteiger partial charge in [0.15, 0.2) is 0 Å². The molecule has 1 unspecified atom stereocenters. The minimum absolute atomic E-state index is 0.136. The van der Waals surface area contributed by atoms with Gasteiger partial charge in [0.1, 0.15) is 11.6 Å². The lowest BCUT2D eigenvalue weighted by molar-refractivity contribution is -0.115. The van der Waals surface area contributed by atoms with Gasteiger partial charge in [0.05, 0.1) is 18.0 Å². The van der Waals surface area contributed by atoms with Crippen LogP contribution in [0.1, 0.15) is 23.1 Å². The zero-order valence-electron chi connectivity index (χ0n) is 20.4. The van der Waals surface area contributed by atoms with E-state index >= 15 is 0 Å². The Morgan fingerprint density at radius 2 is 1.70 bits per heavy atom. The van der Waals surface area contributed by atoms with Gasteiger partial charge in [0, 0.05) is 30.0 Å². The van der Waals surface area contributed by atoms with E-state index in [9.17, 15) is 9.90 Å². The monoisotopic (exact) mass is 491 g/mol. The van der Waals surface area contributed by atoms with Crippen LogP contribution in [0.25, 0.3) is 16.7 Å². The number of aliphatic hydroxyl groups is 1. The highest BCUT2D eigenvalue weighted by molar-refractivity contribution is 5.92. The Balaban J connectivity index is 1.12. The fourth-order valence-electron chi connectivity index (χ4n) is 4.23. The van der Waals surface area contributed by atoms with Gasteiger partial charge in [0.25, 0.3) is 0 Å². The molecule has 0 aliphatic rings. The van der Waals surface area contributed by atoms with Gasteiger partial charge in [-0.25, -0.2) is 9.97 Å². The molecule has 0 saturated carbocycles. The van der Waals surface area contributed by atoms with E-state index in [1.165, 1.54) is 0 Å². The molecular formula is C30H29N5O2. The average Bonchev–Trinajstić information content (AvgIpc) is 3.40. The summed E-state index contributed by atoms with van der Waals surface area (Å²) in [6.07, 6.45) is 3.94. The highest BCUT2D eigenvalue weighted by atomic mass is 16.3. The SMILES string of the molecule is O=C(Cc1nccn1-c1ccc2ccccc2n1)Nc1ccc(CCNCC(O)c2ccccc2)cc1. The first-order chi connectivity index (χ1) is 18.2. The van der Waals surface area contributed by atoms with Crippen molar-refractivity contribution >= 4 is 22.5 Å². The first-order valence-electron chi connectivity index (χ1n) is 12.4. The fourth-order valence-corrected chi connectivity index (χ4v) is 4.23. The van der Waals surface area contributed by atoms with E-state index < -0.39 is 6.10 Å². The number of imidazole rings is 1. The van der Waals surface area contributed by atoms with Gasteiger partial charge in [-0.3, -0.25) is 9.36 Å². The summed E-state index contributed by atoms with van der Waals surface area (Å²) in [7, 11) is 0. The second kappa shape index (κ2) is 11.6. The maximum atomic E-state index is 12.7. The molecule has 0 fully saturated rings. The number of fused-ring (bicyclic) bond motifs is 1. The molecule has 2 aromatic heterocycles. The lowest BCUT2D eigenvalue weighted by atomic mass is 10.1. The Morgan fingerprint density at radius 3 is 2.54 bits per heavy atom. The van der Waals surface area contributed by atoms with Crippen molar-refractivity contribution < 1.29 is 9.90 Å². The summed E-state index contributed by atoms with van der Waals surface area (Å²) in [4.78, 5) is 21.8. The number of nitrogens with one attached hydrogen (secondary N) is 2. The lowest BCUT2D eigenvalue weighted by Gasteiger charge is -2.12. The van der Waals surface area contributed by atoms with Crippen LogP contribution in [0.2, 0.25) is 0 Å². The van der Waals surface area contributed by atoms with Gasteiger partial charge in [-0.2, -0.15) is 0 Å². The van der Waals surface area contributed by atoms with Crippen molar-refractivity contribution in [3.63, 3.8) is 0 Å². The number of anilines is 1. The Kier molecular flexibility index (Phi) is 7.64. The number of aromatic nitrogens is 3. The molecule has 3 N–H and O–H groups in total. The van der Waals surface area contributed by atoms with E-state index in [2.05, 4.69) is 15.6 Å². The third kappa shape index (κ3) is 6.27. The number of benzene rings is 3. The van der Waals surface area contributed by atoms with Crippen molar-refractivity contribution in [2.45, 2.75) is 18.9 Å².